The number of carbonyl (C=O) groups is 2. The van der Waals surface area contributed by atoms with Crippen molar-refractivity contribution in [3.05, 3.63) is 29.3 Å². The second-order valence-corrected chi connectivity index (χ2v) is 5.11. The van der Waals surface area contributed by atoms with Crippen molar-refractivity contribution in [3.8, 4) is 0 Å². The predicted octanol–water partition coefficient (Wildman–Crippen LogP) is 2.22. The van der Waals surface area contributed by atoms with Crippen LogP contribution in [0.25, 0.3) is 0 Å². The van der Waals surface area contributed by atoms with Crippen molar-refractivity contribution in [2.24, 2.45) is 5.92 Å². The van der Waals surface area contributed by atoms with Crippen LogP contribution in [0.1, 0.15) is 19.8 Å². The smallest absolute Gasteiger partial charge is 0.227 e. The van der Waals surface area contributed by atoms with Gasteiger partial charge in [0.1, 0.15) is 0 Å². The summed E-state index contributed by atoms with van der Waals surface area (Å²) in [5.41, 5.74) is 0.792. The first kappa shape index (κ1) is 13.9. The summed E-state index contributed by atoms with van der Waals surface area (Å²) in [6, 6.07) is 7.09. The molecule has 0 bridgehead atoms. The molecule has 0 aliphatic carbocycles. The molecule has 1 N–H and O–H groups in total. The van der Waals surface area contributed by atoms with Crippen LogP contribution in [-0.4, -0.2) is 24.9 Å². The number of nitrogens with zero attached hydrogens (tertiary/aromatic N) is 1. The van der Waals surface area contributed by atoms with Gasteiger partial charge in [0, 0.05) is 30.2 Å². The molecule has 19 heavy (non-hydrogen) atoms. The Labute approximate surface area is 117 Å². The number of halogens is 1. The Morgan fingerprint density at radius 3 is 2.74 bits per heavy atom. The van der Waals surface area contributed by atoms with Gasteiger partial charge in [-0.25, -0.2) is 0 Å². The number of carbonyl (C=O) groups excluding carboxylic acids is 2. The summed E-state index contributed by atoms with van der Waals surface area (Å²) in [6.07, 6.45) is 1.17. The molecule has 1 aromatic carbocycles. The Kier molecular flexibility index (Phi) is 4.43. The van der Waals surface area contributed by atoms with Crippen LogP contribution in [0.15, 0.2) is 24.3 Å². The molecule has 1 saturated heterocycles. The molecule has 1 fully saturated rings. The fourth-order valence-corrected chi connectivity index (χ4v) is 2.27. The third-order valence-electron chi connectivity index (χ3n) is 3.18. The molecule has 102 valence electrons. The highest BCUT2D eigenvalue weighted by Crippen LogP contribution is 2.26. The van der Waals surface area contributed by atoms with Gasteiger partial charge in [0.05, 0.1) is 5.92 Å². The zero-order chi connectivity index (χ0) is 13.8. The van der Waals surface area contributed by atoms with Crippen molar-refractivity contribution in [3.63, 3.8) is 0 Å². The maximum Gasteiger partial charge on any atom is 0.227 e. The van der Waals surface area contributed by atoms with Gasteiger partial charge >= 0.3 is 0 Å². The number of amides is 2. The maximum absolute atomic E-state index is 12.0. The highest BCUT2D eigenvalue weighted by atomic mass is 35.5. The van der Waals surface area contributed by atoms with Gasteiger partial charge in [0.2, 0.25) is 11.8 Å². The summed E-state index contributed by atoms with van der Waals surface area (Å²) in [4.78, 5) is 25.5. The van der Waals surface area contributed by atoms with Gasteiger partial charge in [-0.05, 0) is 30.7 Å². The standard InChI is InChI=1S/C14H17ClN2O2/c1-2-7-16-14(19)10-8-13(18)17(9-10)12-5-3-11(15)4-6-12/h3-6,10H,2,7-9H2,1H3,(H,16,19)/t10-/m0/s1. The molecule has 1 heterocycles. The van der Waals surface area contributed by atoms with Crippen molar-refractivity contribution in [2.45, 2.75) is 19.8 Å². The van der Waals surface area contributed by atoms with E-state index in [9.17, 15) is 9.59 Å². The quantitative estimate of drug-likeness (QED) is 0.919. The van der Waals surface area contributed by atoms with E-state index in [4.69, 9.17) is 11.6 Å². The Morgan fingerprint density at radius 1 is 1.42 bits per heavy atom. The molecule has 0 aromatic heterocycles. The number of anilines is 1. The summed E-state index contributed by atoms with van der Waals surface area (Å²) in [7, 11) is 0. The van der Waals surface area contributed by atoms with E-state index in [2.05, 4.69) is 5.32 Å². The van der Waals surface area contributed by atoms with Gasteiger partial charge in [-0.3, -0.25) is 9.59 Å². The second-order valence-electron chi connectivity index (χ2n) is 4.67. The van der Waals surface area contributed by atoms with E-state index >= 15 is 0 Å². The Bertz CT molecular complexity index is 473. The van der Waals surface area contributed by atoms with Gasteiger partial charge in [-0.15, -0.1) is 0 Å². The molecule has 1 aliphatic heterocycles. The number of benzene rings is 1. The molecular formula is C14H17ClN2O2. The average molecular weight is 281 g/mol. The van der Waals surface area contributed by atoms with Crippen LogP contribution in [0.4, 0.5) is 5.69 Å². The summed E-state index contributed by atoms with van der Waals surface area (Å²) < 4.78 is 0. The van der Waals surface area contributed by atoms with Crippen molar-refractivity contribution < 1.29 is 9.59 Å². The SMILES string of the molecule is CCCNC(=O)[C@H]1CC(=O)N(c2ccc(Cl)cc2)C1. The Balaban J connectivity index is 2.03. The zero-order valence-corrected chi connectivity index (χ0v) is 11.6. The normalized spacial score (nSPS) is 18.7. The van der Waals surface area contributed by atoms with Gasteiger partial charge in [-0.2, -0.15) is 0 Å². The van der Waals surface area contributed by atoms with Crippen LogP contribution in [0, 0.1) is 5.92 Å². The molecule has 1 atom stereocenters. The van der Waals surface area contributed by atoms with E-state index < -0.39 is 0 Å². The van der Waals surface area contributed by atoms with Gasteiger partial charge in [0.15, 0.2) is 0 Å². The second kappa shape index (κ2) is 6.06. The fourth-order valence-electron chi connectivity index (χ4n) is 2.15. The third kappa shape index (κ3) is 3.26. The van der Waals surface area contributed by atoms with E-state index in [0.717, 1.165) is 12.1 Å². The first-order valence-corrected chi connectivity index (χ1v) is 6.83. The van der Waals surface area contributed by atoms with E-state index in [0.29, 0.717) is 18.1 Å². The highest BCUT2D eigenvalue weighted by molar-refractivity contribution is 6.30. The summed E-state index contributed by atoms with van der Waals surface area (Å²) >= 11 is 5.82. The Hall–Kier alpha value is -1.55. The predicted molar refractivity (Wildman–Crippen MR) is 75.2 cm³/mol. The first-order valence-electron chi connectivity index (χ1n) is 6.45. The lowest BCUT2D eigenvalue weighted by atomic mass is 10.1. The van der Waals surface area contributed by atoms with Crippen molar-refractivity contribution in [1.82, 2.24) is 5.32 Å². The third-order valence-corrected chi connectivity index (χ3v) is 3.44. The minimum atomic E-state index is -0.255. The number of hydrogen-bond acceptors (Lipinski definition) is 2. The first-order chi connectivity index (χ1) is 9.11. The van der Waals surface area contributed by atoms with Gasteiger partial charge < -0.3 is 10.2 Å². The molecule has 1 aromatic rings. The molecule has 0 spiro atoms. The lowest BCUT2D eigenvalue weighted by molar-refractivity contribution is -0.126. The highest BCUT2D eigenvalue weighted by Gasteiger charge is 2.34. The molecular weight excluding hydrogens is 264 g/mol. The summed E-state index contributed by atoms with van der Waals surface area (Å²) in [6.45, 7) is 3.10. The van der Waals surface area contributed by atoms with E-state index in [1.165, 1.54) is 0 Å². The molecule has 4 nitrogen and oxygen atoms in total. The monoisotopic (exact) mass is 280 g/mol. The zero-order valence-electron chi connectivity index (χ0n) is 10.9. The summed E-state index contributed by atoms with van der Waals surface area (Å²) in [5, 5.41) is 3.47. The lowest BCUT2D eigenvalue weighted by Gasteiger charge is -2.16. The minimum Gasteiger partial charge on any atom is -0.356 e. The van der Waals surface area contributed by atoms with E-state index in [1.54, 1.807) is 29.2 Å². The van der Waals surface area contributed by atoms with Gasteiger partial charge in [-0.1, -0.05) is 18.5 Å². The van der Waals surface area contributed by atoms with Crippen LogP contribution < -0.4 is 10.2 Å². The van der Waals surface area contributed by atoms with E-state index in [1.807, 2.05) is 6.92 Å². The largest absolute Gasteiger partial charge is 0.356 e. The topological polar surface area (TPSA) is 49.4 Å². The fraction of sp³-hybridized carbons (Fsp3) is 0.429. The molecule has 1 aliphatic rings. The minimum absolute atomic E-state index is 0.0148. The van der Waals surface area contributed by atoms with Crippen LogP contribution in [0.5, 0.6) is 0 Å². The van der Waals surface area contributed by atoms with Crippen LogP contribution in [0.2, 0.25) is 5.02 Å². The van der Waals surface area contributed by atoms with Crippen LogP contribution in [0.3, 0.4) is 0 Å². The van der Waals surface area contributed by atoms with Gasteiger partial charge in [0.25, 0.3) is 0 Å². The maximum atomic E-state index is 12.0. The molecule has 0 radical (unpaired) electrons. The molecule has 0 saturated carbocycles. The van der Waals surface area contributed by atoms with Crippen molar-refractivity contribution in [1.29, 1.82) is 0 Å². The van der Waals surface area contributed by atoms with Crippen molar-refractivity contribution >= 4 is 29.1 Å². The summed E-state index contributed by atoms with van der Waals surface area (Å²) in [5.74, 6) is -0.305. The Morgan fingerprint density at radius 2 is 2.11 bits per heavy atom. The van der Waals surface area contributed by atoms with E-state index in [-0.39, 0.29) is 24.2 Å². The molecule has 0 unspecified atom stereocenters. The number of nitrogens with one attached hydrogen (secondary N) is 1. The van der Waals surface area contributed by atoms with Crippen molar-refractivity contribution in [2.75, 3.05) is 18.0 Å². The molecule has 2 amide bonds. The molecule has 5 heteroatoms. The molecule has 2 rings (SSSR count). The number of hydrogen-bond donors (Lipinski definition) is 1. The van der Waals surface area contributed by atoms with Crippen LogP contribution in [-0.2, 0) is 9.59 Å². The van der Waals surface area contributed by atoms with Crippen LogP contribution >= 0.6 is 11.6 Å². The number of rotatable bonds is 4. The average Bonchev–Trinajstić information content (AvgIpc) is 2.79. The lowest BCUT2D eigenvalue weighted by Crippen LogP contribution is -2.33.